The van der Waals surface area contributed by atoms with E-state index in [1.165, 1.54) is 49.9 Å². The van der Waals surface area contributed by atoms with Crippen molar-refractivity contribution in [1.82, 2.24) is 15.0 Å². The second-order valence-corrected chi connectivity index (χ2v) is 17.7. The number of pyridine rings is 2. The third-order valence-corrected chi connectivity index (χ3v) is 12.5. The number of aromatic nitrogens is 3. The van der Waals surface area contributed by atoms with Crippen molar-refractivity contribution in [3.8, 4) is 17.0 Å². The predicted molar refractivity (Wildman–Crippen MR) is 208 cm³/mol. The molecule has 4 aliphatic carbocycles. The molecule has 0 atom stereocenters. The number of hydrogen-bond acceptors (Lipinski definition) is 9. The summed E-state index contributed by atoms with van der Waals surface area (Å²) < 4.78 is 13.4. The number of carbonyl (C=O) groups is 2. The van der Waals surface area contributed by atoms with E-state index in [0.29, 0.717) is 47.7 Å². The summed E-state index contributed by atoms with van der Waals surface area (Å²) in [6.07, 6.45) is 10.5. The highest BCUT2D eigenvalue weighted by Gasteiger charge is 2.51. The van der Waals surface area contributed by atoms with Gasteiger partial charge in [-0.05, 0) is 137 Å². The van der Waals surface area contributed by atoms with Crippen LogP contribution in [0.25, 0.3) is 21.3 Å². The Bertz CT molecular complexity index is 2160. The van der Waals surface area contributed by atoms with Crippen molar-refractivity contribution in [2.45, 2.75) is 77.9 Å². The first-order valence-corrected chi connectivity index (χ1v) is 19.7. The van der Waals surface area contributed by atoms with Crippen LogP contribution in [-0.4, -0.2) is 45.6 Å². The average molecular weight is 728 g/mol. The van der Waals surface area contributed by atoms with Crippen LogP contribution in [-0.2, 0) is 17.7 Å². The molecule has 4 saturated carbocycles. The SMILES string of the molecule is CC(C)(C)OC(=O)c1nc(N2CCc3cccc(C(=O)Nc4nc5ccccc5s4)c3C2)ccc1-c1ccnc(OCC23CC4CC(CC(C4)C2)C3)c1. The van der Waals surface area contributed by atoms with Crippen LogP contribution in [0.2, 0.25) is 0 Å². The number of fused-ring (bicyclic) bond motifs is 2. The van der Waals surface area contributed by atoms with Crippen molar-refractivity contribution < 1.29 is 19.1 Å². The molecule has 0 unspecified atom stereocenters. The van der Waals surface area contributed by atoms with Gasteiger partial charge in [0.1, 0.15) is 11.4 Å². The van der Waals surface area contributed by atoms with Crippen LogP contribution in [0.5, 0.6) is 5.88 Å². The second-order valence-electron chi connectivity index (χ2n) is 16.7. The Morgan fingerprint density at radius 1 is 0.943 bits per heavy atom. The number of para-hydroxylation sites is 1. The highest BCUT2D eigenvalue weighted by Crippen LogP contribution is 2.60. The van der Waals surface area contributed by atoms with Crippen molar-refractivity contribution in [2.24, 2.45) is 23.2 Å². The lowest BCUT2D eigenvalue weighted by molar-refractivity contribution is -0.0751. The highest BCUT2D eigenvalue weighted by atomic mass is 32.1. The minimum atomic E-state index is -0.702. The number of hydrogen-bond donors (Lipinski definition) is 1. The van der Waals surface area contributed by atoms with Crippen molar-refractivity contribution >= 4 is 44.4 Å². The molecule has 2 aromatic carbocycles. The first-order chi connectivity index (χ1) is 25.6. The van der Waals surface area contributed by atoms with Crippen LogP contribution in [0, 0.1) is 23.2 Å². The van der Waals surface area contributed by atoms with Gasteiger partial charge in [0.15, 0.2) is 10.8 Å². The Morgan fingerprint density at radius 2 is 1.72 bits per heavy atom. The molecular formula is C43H45N5O4S. The number of nitrogens with zero attached hydrogens (tertiary/aromatic N) is 4. The van der Waals surface area contributed by atoms with Gasteiger partial charge in [-0.25, -0.2) is 19.7 Å². The largest absolute Gasteiger partial charge is 0.477 e. The van der Waals surface area contributed by atoms with E-state index in [9.17, 15) is 9.59 Å². The molecule has 53 heavy (non-hydrogen) atoms. The first kappa shape index (κ1) is 34.0. The van der Waals surface area contributed by atoms with Gasteiger partial charge in [0.25, 0.3) is 5.91 Å². The summed E-state index contributed by atoms with van der Waals surface area (Å²) in [6.45, 7) is 7.43. The number of rotatable bonds is 8. The number of anilines is 2. The molecule has 5 aromatic rings. The number of amides is 1. The molecule has 0 radical (unpaired) electrons. The molecule has 1 N–H and O–H groups in total. The van der Waals surface area contributed by atoms with Gasteiger partial charge in [0.05, 0.1) is 16.8 Å². The Kier molecular flexibility index (Phi) is 8.48. The molecule has 3 aromatic heterocycles. The van der Waals surface area contributed by atoms with E-state index in [-0.39, 0.29) is 17.0 Å². The van der Waals surface area contributed by atoms with E-state index in [1.54, 1.807) is 6.20 Å². The summed E-state index contributed by atoms with van der Waals surface area (Å²) in [5.41, 5.74) is 4.80. The van der Waals surface area contributed by atoms with Gasteiger partial charge >= 0.3 is 5.97 Å². The second kappa shape index (κ2) is 13.2. The molecular weight excluding hydrogens is 683 g/mol. The Labute approximate surface area is 314 Å². The van der Waals surface area contributed by atoms with Gasteiger partial charge in [0.2, 0.25) is 5.88 Å². The van der Waals surface area contributed by atoms with Crippen LogP contribution in [0.4, 0.5) is 10.9 Å². The summed E-state index contributed by atoms with van der Waals surface area (Å²) in [4.78, 5) is 43.8. The van der Waals surface area contributed by atoms with Crippen LogP contribution >= 0.6 is 11.3 Å². The quantitative estimate of drug-likeness (QED) is 0.158. The molecule has 0 spiro atoms. The number of carbonyl (C=O) groups excluding carboxylic acids is 2. The molecule has 10 heteroatoms. The fourth-order valence-electron chi connectivity index (χ4n) is 9.77. The minimum Gasteiger partial charge on any atom is -0.477 e. The molecule has 4 bridgehead atoms. The summed E-state index contributed by atoms with van der Waals surface area (Å²) in [6, 6.07) is 21.5. The number of thiazole rings is 1. The maximum atomic E-state index is 13.8. The first-order valence-electron chi connectivity index (χ1n) is 18.9. The van der Waals surface area contributed by atoms with Gasteiger partial charge in [-0.2, -0.15) is 0 Å². The maximum absolute atomic E-state index is 13.8. The minimum absolute atomic E-state index is 0.195. The van der Waals surface area contributed by atoms with Gasteiger partial charge in [-0.3, -0.25) is 10.1 Å². The van der Waals surface area contributed by atoms with E-state index in [4.69, 9.17) is 14.5 Å². The highest BCUT2D eigenvalue weighted by molar-refractivity contribution is 7.22. The summed E-state index contributed by atoms with van der Waals surface area (Å²) in [5, 5.41) is 3.60. The molecule has 272 valence electrons. The zero-order valence-corrected chi connectivity index (χ0v) is 31.4. The predicted octanol–water partition coefficient (Wildman–Crippen LogP) is 9.12. The van der Waals surface area contributed by atoms with E-state index >= 15 is 0 Å². The molecule has 5 aliphatic rings. The average Bonchev–Trinajstić information content (AvgIpc) is 3.54. The fourth-order valence-corrected chi connectivity index (χ4v) is 10.6. The Balaban J connectivity index is 0.977. The zero-order chi connectivity index (χ0) is 36.3. The van der Waals surface area contributed by atoms with E-state index < -0.39 is 11.6 Å². The summed E-state index contributed by atoms with van der Waals surface area (Å²) in [7, 11) is 0. The molecule has 10 rings (SSSR count). The Hall–Kier alpha value is -4.83. The van der Waals surface area contributed by atoms with Gasteiger partial charge in [-0.1, -0.05) is 35.6 Å². The molecule has 4 heterocycles. The fraction of sp³-hybridized carbons (Fsp3) is 0.419. The molecule has 1 amide bonds. The normalized spacial score (nSPS) is 23.2. The number of ether oxygens (including phenoxy) is 2. The monoisotopic (exact) mass is 727 g/mol. The maximum Gasteiger partial charge on any atom is 0.358 e. The molecule has 9 nitrogen and oxygen atoms in total. The molecule has 1 aliphatic heterocycles. The molecule has 4 fully saturated rings. The van der Waals surface area contributed by atoms with Gasteiger partial charge < -0.3 is 14.4 Å². The van der Waals surface area contributed by atoms with Gasteiger partial charge in [0, 0.05) is 41.9 Å². The summed E-state index contributed by atoms with van der Waals surface area (Å²) >= 11 is 1.46. The standard InChI is InChI=1S/C43H45N5O4S/c1-42(2,3)52-40(50)38-31(30-13-15-44-37(20-30)51-25-43-21-26-17-27(22-43)19-28(18-26)23-43)11-12-36(46-38)48-16-14-29-7-6-8-32(33(29)24-48)39(49)47-41-45-34-9-4-5-10-35(34)53-41/h4-13,15,20,26-28H,14,16-19,21-25H2,1-3H3,(H,45,47,49). The third-order valence-electron chi connectivity index (χ3n) is 11.6. The third kappa shape index (κ3) is 6.89. The van der Waals surface area contributed by atoms with Crippen molar-refractivity contribution in [1.29, 1.82) is 0 Å². The number of benzene rings is 2. The number of esters is 1. The van der Waals surface area contributed by atoms with Crippen molar-refractivity contribution in [3.05, 3.63) is 95.3 Å². The lowest BCUT2D eigenvalue weighted by Gasteiger charge is -2.56. The zero-order valence-electron chi connectivity index (χ0n) is 30.6. The smallest absolute Gasteiger partial charge is 0.358 e. The van der Waals surface area contributed by atoms with Gasteiger partial charge in [-0.15, -0.1) is 0 Å². The van der Waals surface area contributed by atoms with Crippen LogP contribution < -0.4 is 15.0 Å². The Morgan fingerprint density at radius 3 is 2.47 bits per heavy atom. The molecule has 0 saturated heterocycles. The van der Waals surface area contributed by atoms with E-state index in [1.807, 2.05) is 81.4 Å². The number of nitrogens with one attached hydrogen (secondary N) is 1. The van der Waals surface area contributed by atoms with Crippen LogP contribution in [0.3, 0.4) is 0 Å². The van der Waals surface area contributed by atoms with E-state index in [0.717, 1.165) is 51.1 Å². The van der Waals surface area contributed by atoms with Crippen molar-refractivity contribution in [2.75, 3.05) is 23.4 Å². The van der Waals surface area contributed by atoms with Crippen LogP contribution in [0.1, 0.15) is 91.3 Å². The summed E-state index contributed by atoms with van der Waals surface area (Å²) in [5.74, 6) is 3.09. The van der Waals surface area contributed by atoms with E-state index in [2.05, 4.69) is 26.3 Å². The topological polar surface area (TPSA) is 107 Å². The lowest BCUT2D eigenvalue weighted by Crippen LogP contribution is -2.48. The van der Waals surface area contributed by atoms with Crippen LogP contribution in [0.15, 0.2) is 72.9 Å². The van der Waals surface area contributed by atoms with Crippen molar-refractivity contribution in [3.63, 3.8) is 0 Å². The lowest BCUT2D eigenvalue weighted by atomic mass is 9.50.